The molecule has 0 amide bonds. The number of nitrogens with zero attached hydrogens (tertiary/aromatic N) is 3. The Kier molecular flexibility index (Phi) is 5.29. The molecule has 3 aromatic carbocycles. The molecule has 4 aromatic rings. The molecule has 1 aliphatic rings. The minimum Gasteiger partial charge on any atom is -0.495 e. The number of halogens is 2. The van der Waals surface area contributed by atoms with Gasteiger partial charge in [0.05, 0.1) is 30.7 Å². The first-order chi connectivity index (χ1) is 15.6. The minimum atomic E-state index is -0.340. The van der Waals surface area contributed by atoms with E-state index in [4.69, 9.17) is 26.3 Å². The summed E-state index contributed by atoms with van der Waals surface area (Å²) in [5.74, 6) is 0.764. The molecule has 0 saturated carbocycles. The second-order valence-electron chi connectivity index (χ2n) is 7.23. The zero-order valence-electron chi connectivity index (χ0n) is 17.1. The highest BCUT2D eigenvalue weighted by molar-refractivity contribution is 6.31. The first kappa shape index (κ1) is 20.2. The zero-order valence-corrected chi connectivity index (χ0v) is 17.9. The van der Waals surface area contributed by atoms with Gasteiger partial charge in [-0.15, -0.1) is 0 Å². The van der Waals surface area contributed by atoms with Crippen LogP contribution >= 0.6 is 11.6 Å². The molecule has 158 valence electrons. The van der Waals surface area contributed by atoms with Crippen molar-refractivity contribution >= 4 is 28.9 Å². The normalized spacial score (nSPS) is 12.3. The van der Waals surface area contributed by atoms with E-state index in [1.54, 1.807) is 43.6 Å². The molecule has 0 radical (unpaired) electrons. The highest BCUT2D eigenvalue weighted by atomic mass is 35.5. The van der Waals surface area contributed by atoms with Gasteiger partial charge in [-0.3, -0.25) is 4.99 Å². The van der Waals surface area contributed by atoms with Crippen molar-refractivity contribution in [2.24, 2.45) is 4.99 Å². The molecule has 0 unspecified atom stereocenters. The van der Waals surface area contributed by atoms with Crippen LogP contribution in [0.1, 0.15) is 16.7 Å². The lowest BCUT2D eigenvalue weighted by Crippen LogP contribution is -2.07. The smallest absolute Gasteiger partial charge is 0.227 e. The van der Waals surface area contributed by atoms with Crippen LogP contribution in [0.4, 0.5) is 16.0 Å². The molecule has 1 N–H and O–H groups in total. The van der Waals surface area contributed by atoms with Gasteiger partial charge < -0.3 is 10.1 Å². The van der Waals surface area contributed by atoms with E-state index in [1.807, 2.05) is 30.3 Å². The highest BCUT2D eigenvalue weighted by Gasteiger charge is 2.23. The molecule has 0 bridgehead atoms. The molecule has 0 saturated heterocycles. The van der Waals surface area contributed by atoms with Crippen LogP contribution < -0.4 is 10.1 Å². The number of fused-ring (bicyclic) bond motifs is 3. The first-order valence-corrected chi connectivity index (χ1v) is 10.4. The Labute approximate surface area is 189 Å². The topological polar surface area (TPSA) is 59.4 Å². The summed E-state index contributed by atoms with van der Waals surface area (Å²) in [6.45, 7) is 0.320. The second kappa shape index (κ2) is 8.40. The van der Waals surface area contributed by atoms with Crippen molar-refractivity contribution < 1.29 is 9.13 Å². The molecule has 0 aliphatic carbocycles. The van der Waals surface area contributed by atoms with Crippen LogP contribution in [0.5, 0.6) is 5.75 Å². The van der Waals surface area contributed by atoms with Crippen molar-refractivity contribution in [3.05, 3.63) is 100 Å². The Morgan fingerprint density at radius 2 is 1.78 bits per heavy atom. The maximum atomic E-state index is 14.6. The van der Waals surface area contributed by atoms with Crippen molar-refractivity contribution in [1.82, 2.24) is 9.97 Å². The molecule has 0 spiro atoms. The largest absolute Gasteiger partial charge is 0.495 e. The zero-order chi connectivity index (χ0) is 22.1. The predicted molar refractivity (Wildman–Crippen MR) is 124 cm³/mol. The number of hydrogen-bond acceptors (Lipinski definition) is 5. The third-order valence-electron chi connectivity index (χ3n) is 5.25. The van der Waals surface area contributed by atoms with Crippen molar-refractivity contribution in [2.45, 2.75) is 6.54 Å². The van der Waals surface area contributed by atoms with E-state index in [0.29, 0.717) is 34.5 Å². The van der Waals surface area contributed by atoms with Gasteiger partial charge in [0.25, 0.3) is 0 Å². The van der Waals surface area contributed by atoms with Crippen LogP contribution in [0.3, 0.4) is 0 Å². The van der Waals surface area contributed by atoms with Gasteiger partial charge in [-0.1, -0.05) is 41.9 Å². The number of aliphatic imine (C=N–C) groups is 1. The van der Waals surface area contributed by atoms with Crippen molar-refractivity contribution in [3.8, 4) is 17.0 Å². The van der Waals surface area contributed by atoms with Gasteiger partial charge in [0.15, 0.2) is 0 Å². The number of benzene rings is 3. The average Bonchev–Trinajstić information content (AvgIpc) is 2.96. The standard InChI is InChI=1S/C25H18ClFN4O/c1-32-22-9-5-4-8-21(22)30-25-29-14-15-13-28-24(18-6-2-3-7-20(18)27)19-12-16(26)10-11-17(19)23(15)31-25/h2-12,14H,13H2,1H3,(H,29,30,31). The number of methoxy groups -OCH3 is 1. The SMILES string of the molecule is COc1ccccc1Nc1ncc2c(n1)-c1ccc(Cl)cc1C(c1ccccc1F)=NC2. The van der Waals surface area contributed by atoms with Gasteiger partial charge in [0, 0.05) is 33.5 Å². The average molecular weight is 445 g/mol. The maximum absolute atomic E-state index is 14.6. The lowest BCUT2D eigenvalue weighted by Gasteiger charge is -2.14. The van der Waals surface area contributed by atoms with Gasteiger partial charge in [-0.05, 0) is 36.4 Å². The van der Waals surface area contributed by atoms with Crippen molar-refractivity contribution in [3.63, 3.8) is 0 Å². The monoisotopic (exact) mass is 444 g/mol. The number of nitrogens with one attached hydrogen (secondary N) is 1. The number of ether oxygens (including phenoxy) is 1. The lowest BCUT2D eigenvalue weighted by molar-refractivity contribution is 0.417. The molecular weight excluding hydrogens is 427 g/mol. The van der Waals surface area contributed by atoms with Crippen molar-refractivity contribution in [1.29, 1.82) is 0 Å². The number of hydrogen-bond donors (Lipinski definition) is 1. The maximum Gasteiger partial charge on any atom is 0.227 e. The Morgan fingerprint density at radius 3 is 2.62 bits per heavy atom. The molecule has 0 atom stereocenters. The molecule has 2 heterocycles. The third-order valence-corrected chi connectivity index (χ3v) is 5.48. The quantitative estimate of drug-likeness (QED) is 0.417. The molecule has 5 nitrogen and oxygen atoms in total. The fraction of sp³-hybridized carbons (Fsp3) is 0.0800. The number of rotatable bonds is 4. The fourth-order valence-corrected chi connectivity index (χ4v) is 3.91. The number of anilines is 2. The van der Waals surface area contributed by atoms with Gasteiger partial charge in [-0.25, -0.2) is 14.4 Å². The fourth-order valence-electron chi connectivity index (χ4n) is 3.74. The Balaban J connectivity index is 1.63. The van der Waals surface area contributed by atoms with Gasteiger partial charge >= 0.3 is 0 Å². The third kappa shape index (κ3) is 3.69. The van der Waals surface area contributed by atoms with E-state index in [2.05, 4.69) is 10.3 Å². The summed E-state index contributed by atoms with van der Waals surface area (Å²) < 4.78 is 20.1. The summed E-state index contributed by atoms with van der Waals surface area (Å²) in [7, 11) is 1.61. The Hall–Kier alpha value is -3.77. The highest BCUT2D eigenvalue weighted by Crippen LogP contribution is 2.34. The summed E-state index contributed by atoms with van der Waals surface area (Å²) in [5, 5.41) is 3.76. The van der Waals surface area contributed by atoms with Gasteiger partial charge in [-0.2, -0.15) is 0 Å². The number of para-hydroxylation sites is 2. The molecule has 1 aromatic heterocycles. The van der Waals surface area contributed by atoms with E-state index in [-0.39, 0.29) is 5.82 Å². The van der Waals surface area contributed by atoms with Crippen LogP contribution in [0.25, 0.3) is 11.3 Å². The van der Waals surface area contributed by atoms with Crippen LogP contribution in [-0.4, -0.2) is 22.8 Å². The molecule has 0 fully saturated rings. The van der Waals surface area contributed by atoms with E-state index >= 15 is 0 Å². The van der Waals surface area contributed by atoms with Crippen LogP contribution in [0, 0.1) is 5.82 Å². The van der Waals surface area contributed by atoms with E-state index in [0.717, 1.165) is 28.1 Å². The van der Waals surface area contributed by atoms with E-state index in [1.165, 1.54) is 6.07 Å². The lowest BCUT2D eigenvalue weighted by atomic mass is 9.95. The summed E-state index contributed by atoms with van der Waals surface area (Å²) in [4.78, 5) is 14.0. The first-order valence-electron chi connectivity index (χ1n) is 9.99. The summed E-state index contributed by atoms with van der Waals surface area (Å²) in [6.07, 6.45) is 1.74. The molecule has 32 heavy (non-hydrogen) atoms. The summed E-state index contributed by atoms with van der Waals surface area (Å²) in [6, 6.07) is 19.6. The molecule has 5 rings (SSSR count). The van der Waals surface area contributed by atoms with Gasteiger partial charge in [0.2, 0.25) is 5.95 Å². The summed E-state index contributed by atoms with van der Waals surface area (Å²) in [5.41, 5.74) is 4.81. The molecule has 1 aliphatic heterocycles. The minimum absolute atomic E-state index is 0.320. The van der Waals surface area contributed by atoms with Crippen molar-refractivity contribution in [2.75, 3.05) is 12.4 Å². The van der Waals surface area contributed by atoms with Crippen LogP contribution in [-0.2, 0) is 6.54 Å². The van der Waals surface area contributed by atoms with Gasteiger partial charge in [0.1, 0.15) is 11.6 Å². The molecular formula is C25H18ClFN4O. The van der Waals surface area contributed by atoms with E-state index in [9.17, 15) is 4.39 Å². The Morgan fingerprint density at radius 1 is 0.969 bits per heavy atom. The Bertz CT molecular complexity index is 1360. The summed E-state index contributed by atoms with van der Waals surface area (Å²) >= 11 is 6.31. The predicted octanol–water partition coefficient (Wildman–Crippen LogP) is 6.04. The van der Waals surface area contributed by atoms with Crippen LogP contribution in [0.15, 0.2) is 77.9 Å². The van der Waals surface area contributed by atoms with E-state index < -0.39 is 0 Å². The second-order valence-corrected chi connectivity index (χ2v) is 7.66. The molecule has 7 heteroatoms. The number of aromatic nitrogens is 2. The van der Waals surface area contributed by atoms with Crippen LogP contribution in [0.2, 0.25) is 5.02 Å².